The number of nitrogens with one attached hydrogen (secondary N) is 3. The van der Waals surface area contributed by atoms with Crippen molar-refractivity contribution in [3.8, 4) is 0 Å². The molecule has 0 aliphatic carbocycles. The molecule has 9 heteroatoms. The number of sulfonamides is 1. The van der Waals surface area contributed by atoms with Crippen molar-refractivity contribution >= 4 is 32.7 Å². The van der Waals surface area contributed by atoms with Gasteiger partial charge in [-0.15, -0.1) is 0 Å². The van der Waals surface area contributed by atoms with Crippen molar-refractivity contribution in [2.45, 2.75) is 4.90 Å². The highest BCUT2D eigenvalue weighted by molar-refractivity contribution is 7.89. The Bertz CT molecular complexity index is 1060. The molecule has 3 aromatic rings. The average Bonchev–Trinajstić information content (AvgIpc) is 2.94. The van der Waals surface area contributed by atoms with Gasteiger partial charge in [-0.05, 0) is 49.5 Å². The van der Waals surface area contributed by atoms with Crippen molar-refractivity contribution in [1.82, 2.24) is 9.71 Å². The first-order valence-corrected chi connectivity index (χ1v) is 8.35. The van der Waals surface area contributed by atoms with Gasteiger partial charge in [0.15, 0.2) is 5.58 Å². The van der Waals surface area contributed by atoms with Gasteiger partial charge >= 0.3 is 5.76 Å². The number of oxazole rings is 1. The quantitative estimate of drug-likeness (QED) is 0.656. The van der Waals surface area contributed by atoms with Gasteiger partial charge in [0.1, 0.15) is 0 Å². The Balaban J connectivity index is 1.82. The third-order valence-corrected chi connectivity index (χ3v) is 4.80. The molecular formula is C15H13N3O5S. The van der Waals surface area contributed by atoms with Crippen LogP contribution in [0.1, 0.15) is 10.4 Å². The molecule has 1 amide bonds. The van der Waals surface area contributed by atoms with E-state index in [0.29, 0.717) is 22.4 Å². The zero-order valence-corrected chi connectivity index (χ0v) is 13.3. The third-order valence-electron chi connectivity index (χ3n) is 3.37. The highest BCUT2D eigenvalue weighted by atomic mass is 32.2. The van der Waals surface area contributed by atoms with Crippen LogP contribution in [0.25, 0.3) is 11.1 Å². The van der Waals surface area contributed by atoms with E-state index in [2.05, 4.69) is 15.0 Å². The van der Waals surface area contributed by atoms with E-state index in [1.807, 2.05) is 0 Å². The van der Waals surface area contributed by atoms with Crippen LogP contribution in [-0.4, -0.2) is 26.4 Å². The number of aromatic nitrogens is 1. The molecule has 0 atom stereocenters. The molecule has 8 nitrogen and oxygen atoms in total. The molecule has 0 bridgehead atoms. The minimum absolute atomic E-state index is 0.0685. The highest BCUT2D eigenvalue weighted by Crippen LogP contribution is 2.17. The molecule has 0 fully saturated rings. The van der Waals surface area contributed by atoms with Gasteiger partial charge in [0.2, 0.25) is 10.0 Å². The largest absolute Gasteiger partial charge is 0.417 e. The molecule has 0 unspecified atom stereocenters. The molecule has 3 N–H and O–H groups in total. The summed E-state index contributed by atoms with van der Waals surface area (Å²) in [6, 6.07) is 10.2. The molecule has 1 aromatic heterocycles. The third kappa shape index (κ3) is 3.07. The fourth-order valence-corrected chi connectivity index (χ4v) is 2.87. The van der Waals surface area contributed by atoms with Gasteiger partial charge in [0.25, 0.3) is 5.91 Å². The SMILES string of the molecule is CNS(=O)(=O)c1ccc(C(=O)Nc2ccc3oc(=O)[nH]c3c2)cc1. The maximum absolute atomic E-state index is 12.2. The lowest BCUT2D eigenvalue weighted by Crippen LogP contribution is -2.19. The summed E-state index contributed by atoms with van der Waals surface area (Å²) in [5.74, 6) is -0.983. The van der Waals surface area contributed by atoms with Gasteiger partial charge in [-0.1, -0.05) is 0 Å². The lowest BCUT2D eigenvalue weighted by atomic mass is 10.2. The van der Waals surface area contributed by atoms with E-state index in [9.17, 15) is 18.0 Å². The maximum atomic E-state index is 12.2. The predicted molar refractivity (Wildman–Crippen MR) is 87.5 cm³/mol. The summed E-state index contributed by atoms with van der Waals surface area (Å²) in [5.41, 5.74) is 1.62. The number of fused-ring (bicyclic) bond motifs is 1. The normalized spacial score (nSPS) is 11.5. The number of amides is 1. The topological polar surface area (TPSA) is 121 Å². The fourth-order valence-electron chi connectivity index (χ4n) is 2.14. The Labute approximate surface area is 136 Å². The molecule has 1 heterocycles. The van der Waals surface area contributed by atoms with Crippen molar-refractivity contribution in [1.29, 1.82) is 0 Å². The van der Waals surface area contributed by atoms with Gasteiger partial charge in [-0.25, -0.2) is 17.9 Å². The van der Waals surface area contributed by atoms with Crippen molar-refractivity contribution in [2.24, 2.45) is 0 Å². The maximum Gasteiger partial charge on any atom is 0.417 e. The van der Waals surface area contributed by atoms with Gasteiger partial charge in [0.05, 0.1) is 10.4 Å². The van der Waals surface area contributed by atoms with Crippen LogP contribution in [0.5, 0.6) is 0 Å². The molecule has 0 saturated carbocycles. The molecule has 24 heavy (non-hydrogen) atoms. The lowest BCUT2D eigenvalue weighted by molar-refractivity contribution is 0.102. The Hall–Kier alpha value is -2.91. The van der Waals surface area contributed by atoms with E-state index in [0.717, 1.165) is 0 Å². The Kier molecular flexibility index (Phi) is 3.96. The molecule has 0 radical (unpaired) electrons. The summed E-state index contributed by atoms with van der Waals surface area (Å²) in [7, 11) is -2.24. The zero-order valence-electron chi connectivity index (χ0n) is 12.5. The number of hydrogen-bond acceptors (Lipinski definition) is 5. The molecular weight excluding hydrogens is 334 g/mol. The van der Waals surface area contributed by atoms with E-state index in [4.69, 9.17) is 4.42 Å². The van der Waals surface area contributed by atoms with Crippen LogP contribution >= 0.6 is 0 Å². The van der Waals surface area contributed by atoms with Crippen LogP contribution in [0.15, 0.2) is 56.6 Å². The molecule has 0 spiro atoms. The van der Waals surface area contributed by atoms with Crippen LogP contribution in [0.2, 0.25) is 0 Å². The van der Waals surface area contributed by atoms with Crippen LogP contribution in [-0.2, 0) is 10.0 Å². The van der Waals surface area contributed by atoms with E-state index >= 15 is 0 Å². The van der Waals surface area contributed by atoms with Crippen molar-refractivity contribution in [3.63, 3.8) is 0 Å². The highest BCUT2D eigenvalue weighted by Gasteiger charge is 2.13. The number of benzene rings is 2. The number of rotatable bonds is 4. The summed E-state index contributed by atoms with van der Waals surface area (Å²) in [5, 5.41) is 2.66. The smallest absolute Gasteiger partial charge is 0.408 e. The first-order chi connectivity index (χ1) is 11.4. The number of carbonyl (C=O) groups is 1. The van der Waals surface area contributed by atoms with Crippen molar-refractivity contribution in [2.75, 3.05) is 12.4 Å². The number of hydrogen-bond donors (Lipinski definition) is 3. The average molecular weight is 347 g/mol. The number of aromatic amines is 1. The number of anilines is 1. The van der Waals surface area contributed by atoms with E-state index in [-0.39, 0.29) is 4.90 Å². The van der Waals surface area contributed by atoms with Gasteiger partial charge in [-0.2, -0.15) is 0 Å². The molecule has 0 aliphatic rings. The zero-order chi connectivity index (χ0) is 17.3. The monoisotopic (exact) mass is 347 g/mol. The second kappa shape index (κ2) is 5.95. The summed E-state index contributed by atoms with van der Waals surface area (Å²) < 4.78 is 30.4. The first-order valence-electron chi connectivity index (χ1n) is 6.87. The van der Waals surface area contributed by atoms with E-state index in [1.165, 1.54) is 31.3 Å². The molecule has 0 aliphatic heterocycles. The summed E-state index contributed by atoms with van der Waals surface area (Å²) in [6.07, 6.45) is 0. The molecule has 3 rings (SSSR count). The summed E-state index contributed by atoms with van der Waals surface area (Å²) >= 11 is 0. The van der Waals surface area contributed by atoms with Crippen LogP contribution in [0.4, 0.5) is 5.69 Å². The Morgan fingerprint density at radius 2 is 1.83 bits per heavy atom. The number of H-pyrrole nitrogens is 1. The standard InChI is InChI=1S/C15H13N3O5S/c1-16-24(21,22)11-5-2-9(3-6-11)14(19)17-10-4-7-13-12(8-10)18-15(20)23-13/h2-8,16H,1H3,(H,17,19)(H,18,20). The molecule has 2 aromatic carbocycles. The fraction of sp³-hybridized carbons (Fsp3) is 0.0667. The van der Waals surface area contributed by atoms with Gasteiger partial charge in [-0.3, -0.25) is 9.78 Å². The van der Waals surface area contributed by atoms with Crippen molar-refractivity contribution in [3.05, 3.63) is 58.6 Å². The Morgan fingerprint density at radius 3 is 2.50 bits per heavy atom. The predicted octanol–water partition coefficient (Wildman–Crippen LogP) is 1.28. The first kappa shape index (κ1) is 16.0. The minimum atomic E-state index is -3.55. The Morgan fingerprint density at radius 1 is 1.12 bits per heavy atom. The van der Waals surface area contributed by atoms with Crippen LogP contribution in [0, 0.1) is 0 Å². The lowest BCUT2D eigenvalue weighted by Gasteiger charge is -2.06. The van der Waals surface area contributed by atoms with E-state index < -0.39 is 21.7 Å². The molecule has 124 valence electrons. The summed E-state index contributed by atoms with van der Waals surface area (Å²) in [4.78, 5) is 25.9. The second-order valence-electron chi connectivity index (χ2n) is 4.91. The van der Waals surface area contributed by atoms with Crippen LogP contribution < -0.4 is 15.8 Å². The van der Waals surface area contributed by atoms with Gasteiger partial charge in [0, 0.05) is 11.3 Å². The van der Waals surface area contributed by atoms with Gasteiger partial charge < -0.3 is 9.73 Å². The van der Waals surface area contributed by atoms with E-state index in [1.54, 1.807) is 18.2 Å². The number of carbonyl (C=O) groups excluding carboxylic acids is 1. The van der Waals surface area contributed by atoms with Crippen molar-refractivity contribution < 1.29 is 17.6 Å². The second-order valence-corrected chi connectivity index (χ2v) is 6.80. The summed E-state index contributed by atoms with van der Waals surface area (Å²) in [6.45, 7) is 0. The van der Waals surface area contributed by atoms with Crippen LogP contribution in [0.3, 0.4) is 0 Å². The molecule has 0 saturated heterocycles. The minimum Gasteiger partial charge on any atom is -0.408 e.